The maximum Gasteiger partial charge on any atom is 0.162 e. The Morgan fingerprint density at radius 1 is 1.05 bits per heavy atom. The minimum Gasteiger partial charge on any atom is -0.493 e. The summed E-state index contributed by atoms with van der Waals surface area (Å²) in [6.45, 7) is 3.97. The second kappa shape index (κ2) is 6.13. The molecule has 1 aromatic carbocycles. The zero-order valence-corrected chi connectivity index (χ0v) is 13.5. The van der Waals surface area contributed by atoms with Gasteiger partial charge in [-0.25, -0.2) is 4.98 Å². The minimum absolute atomic E-state index is 0.689. The van der Waals surface area contributed by atoms with E-state index in [2.05, 4.69) is 26.2 Å². The highest BCUT2D eigenvalue weighted by molar-refractivity contribution is 9.10. The molecule has 2 aromatic rings. The van der Waals surface area contributed by atoms with E-state index < -0.39 is 0 Å². The third-order valence-corrected chi connectivity index (χ3v) is 3.85. The number of aryl methyl sites for hydroxylation is 2. The zero-order chi connectivity index (χ0) is 14.7. The molecule has 106 valence electrons. The molecule has 0 aliphatic heterocycles. The first-order chi connectivity index (χ1) is 9.55. The first kappa shape index (κ1) is 14.7. The summed E-state index contributed by atoms with van der Waals surface area (Å²) in [4.78, 5) is 4.48. The van der Waals surface area contributed by atoms with Crippen molar-refractivity contribution in [2.75, 3.05) is 19.5 Å². The van der Waals surface area contributed by atoms with Crippen molar-refractivity contribution in [3.05, 3.63) is 40.0 Å². The van der Waals surface area contributed by atoms with Gasteiger partial charge in [0.1, 0.15) is 5.82 Å². The molecule has 0 aliphatic rings. The summed E-state index contributed by atoms with van der Waals surface area (Å²) in [5.74, 6) is 2.20. The van der Waals surface area contributed by atoms with Crippen LogP contribution >= 0.6 is 15.9 Å². The molecule has 0 unspecified atom stereocenters. The Morgan fingerprint density at radius 2 is 1.70 bits per heavy atom. The van der Waals surface area contributed by atoms with Crippen LogP contribution in [0.4, 0.5) is 11.5 Å². The van der Waals surface area contributed by atoms with Crippen molar-refractivity contribution in [2.24, 2.45) is 0 Å². The Bertz CT molecular complexity index is 630. The third kappa shape index (κ3) is 3.04. The summed E-state index contributed by atoms with van der Waals surface area (Å²) in [7, 11) is 3.25. The molecule has 0 amide bonds. The number of rotatable bonds is 4. The first-order valence-electron chi connectivity index (χ1n) is 6.18. The van der Waals surface area contributed by atoms with Crippen LogP contribution in [0.5, 0.6) is 11.5 Å². The van der Waals surface area contributed by atoms with Crippen LogP contribution in [-0.2, 0) is 0 Å². The first-order valence-corrected chi connectivity index (χ1v) is 6.97. The second-order valence-corrected chi connectivity index (χ2v) is 5.27. The molecule has 5 heteroatoms. The van der Waals surface area contributed by atoms with Crippen molar-refractivity contribution in [2.45, 2.75) is 13.8 Å². The molecular formula is C15H17BrN2O2. The SMILES string of the molecule is COc1cc(C)c(Nc2ccc(Br)c(C)n2)cc1OC. The Kier molecular flexibility index (Phi) is 4.49. The van der Waals surface area contributed by atoms with Gasteiger partial charge in [-0.05, 0) is 53.5 Å². The molecule has 4 nitrogen and oxygen atoms in total. The van der Waals surface area contributed by atoms with E-state index in [-0.39, 0.29) is 0 Å². The van der Waals surface area contributed by atoms with Crippen LogP contribution in [0.15, 0.2) is 28.7 Å². The van der Waals surface area contributed by atoms with Crippen LogP contribution in [0.25, 0.3) is 0 Å². The van der Waals surface area contributed by atoms with Crippen LogP contribution in [0, 0.1) is 13.8 Å². The monoisotopic (exact) mass is 336 g/mol. The minimum atomic E-state index is 0.689. The lowest BCUT2D eigenvalue weighted by molar-refractivity contribution is 0.355. The number of hydrogen-bond acceptors (Lipinski definition) is 4. The Labute approximate surface area is 127 Å². The summed E-state index contributed by atoms with van der Waals surface area (Å²) >= 11 is 3.44. The lowest BCUT2D eigenvalue weighted by Crippen LogP contribution is -1.99. The maximum absolute atomic E-state index is 5.32. The maximum atomic E-state index is 5.32. The molecule has 0 fully saturated rings. The van der Waals surface area contributed by atoms with Crippen molar-refractivity contribution >= 4 is 27.4 Å². The van der Waals surface area contributed by atoms with Crippen molar-refractivity contribution in [1.29, 1.82) is 0 Å². The van der Waals surface area contributed by atoms with Crippen molar-refractivity contribution in [3.63, 3.8) is 0 Å². The van der Waals surface area contributed by atoms with Gasteiger partial charge >= 0.3 is 0 Å². The Hall–Kier alpha value is -1.75. The number of pyridine rings is 1. The van der Waals surface area contributed by atoms with E-state index in [4.69, 9.17) is 9.47 Å². The summed E-state index contributed by atoms with van der Waals surface area (Å²) in [6.07, 6.45) is 0. The highest BCUT2D eigenvalue weighted by Crippen LogP contribution is 2.34. The molecule has 1 N–H and O–H groups in total. The van der Waals surface area contributed by atoms with Crippen LogP contribution in [0.2, 0.25) is 0 Å². The van der Waals surface area contributed by atoms with Gasteiger partial charge in [0.2, 0.25) is 0 Å². The normalized spacial score (nSPS) is 10.2. The lowest BCUT2D eigenvalue weighted by atomic mass is 10.1. The number of nitrogens with zero attached hydrogens (tertiary/aromatic N) is 1. The van der Waals surface area contributed by atoms with Crippen LogP contribution in [-0.4, -0.2) is 19.2 Å². The molecule has 0 saturated carbocycles. The Balaban J connectivity index is 2.35. The molecule has 2 rings (SSSR count). The van der Waals surface area contributed by atoms with E-state index in [0.717, 1.165) is 33.0 Å². The molecule has 0 aliphatic carbocycles. The molecule has 1 heterocycles. The summed E-state index contributed by atoms with van der Waals surface area (Å²) < 4.78 is 11.6. The third-order valence-electron chi connectivity index (χ3n) is 3.01. The topological polar surface area (TPSA) is 43.4 Å². The molecule has 0 saturated heterocycles. The van der Waals surface area contributed by atoms with Gasteiger partial charge in [-0.3, -0.25) is 0 Å². The number of hydrogen-bond donors (Lipinski definition) is 1. The van der Waals surface area contributed by atoms with E-state index in [9.17, 15) is 0 Å². The summed E-state index contributed by atoms with van der Waals surface area (Å²) in [6, 6.07) is 7.74. The van der Waals surface area contributed by atoms with E-state index >= 15 is 0 Å². The van der Waals surface area contributed by atoms with Crippen LogP contribution in [0.1, 0.15) is 11.3 Å². The van der Waals surface area contributed by atoms with Crippen LogP contribution < -0.4 is 14.8 Å². The number of anilines is 2. The summed E-state index contributed by atoms with van der Waals surface area (Å²) in [5.41, 5.74) is 2.94. The van der Waals surface area contributed by atoms with E-state index in [1.165, 1.54) is 0 Å². The van der Waals surface area contributed by atoms with Gasteiger partial charge in [0, 0.05) is 16.2 Å². The quantitative estimate of drug-likeness (QED) is 0.907. The fourth-order valence-electron chi connectivity index (χ4n) is 1.87. The fraction of sp³-hybridized carbons (Fsp3) is 0.267. The number of methoxy groups -OCH3 is 2. The van der Waals surface area contributed by atoms with Gasteiger partial charge in [-0.2, -0.15) is 0 Å². The largest absolute Gasteiger partial charge is 0.493 e. The molecule has 0 radical (unpaired) electrons. The number of halogens is 1. The highest BCUT2D eigenvalue weighted by atomic mass is 79.9. The van der Waals surface area contributed by atoms with E-state index in [1.54, 1.807) is 14.2 Å². The number of aromatic nitrogens is 1. The second-order valence-electron chi connectivity index (χ2n) is 4.41. The number of nitrogens with one attached hydrogen (secondary N) is 1. The molecule has 0 spiro atoms. The standard InChI is InChI=1S/C15H17BrN2O2/c1-9-7-13(19-3)14(20-4)8-12(9)18-15-6-5-11(16)10(2)17-15/h5-8H,1-4H3,(H,17,18). The predicted octanol–water partition coefficient (Wildman–Crippen LogP) is 4.22. The predicted molar refractivity (Wildman–Crippen MR) is 84.2 cm³/mol. The number of ether oxygens (including phenoxy) is 2. The summed E-state index contributed by atoms with van der Waals surface area (Å²) in [5, 5.41) is 3.30. The smallest absolute Gasteiger partial charge is 0.162 e. The highest BCUT2D eigenvalue weighted by Gasteiger charge is 2.09. The molecule has 0 bridgehead atoms. The van der Waals surface area contributed by atoms with Gasteiger partial charge in [0.25, 0.3) is 0 Å². The van der Waals surface area contributed by atoms with Crippen molar-refractivity contribution in [1.82, 2.24) is 4.98 Å². The molecular weight excluding hydrogens is 320 g/mol. The van der Waals surface area contributed by atoms with E-state index in [1.807, 2.05) is 38.1 Å². The van der Waals surface area contributed by atoms with Gasteiger partial charge in [-0.1, -0.05) is 0 Å². The van der Waals surface area contributed by atoms with Gasteiger partial charge in [0.05, 0.1) is 19.9 Å². The fourth-order valence-corrected chi connectivity index (χ4v) is 2.09. The molecule has 20 heavy (non-hydrogen) atoms. The average molecular weight is 337 g/mol. The van der Waals surface area contributed by atoms with Gasteiger partial charge < -0.3 is 14.8 Å². The molecule has 1 aromatic heterocycles. The van der Waals surface area contributed by atoms with Gasteiger partial charge in [-0.15, -0.1) is 0 Å². The van der Waals surface area contributed by atoms with Crippen molar-refractivity contribution < 1.29 is 9.47 Å². The molecule has 0 atom stereocenters. The van der Waals surface area contributed by atoms with Crippen molar-refractivity contribution in [3.8, 4) is 11.5 Å². The van der Waals surface area contributed by atoms with Gasteiger partial charge in [0.15, 0.2) is 11.5 Å². The average Bonchev–Trinajstić information content (AvgIpc) is 2.44. The Morgan fingerprint density at radius 3 is 2.30 bits per heavy atom. The van der Waals surface area contributed by atoms with Crippen LogP contribution in [0.3, 0.4) is 0 Å². The lowest BCUT2D eigenvalue weighted by Gasteiger charge is -2.14. The zero-order valence-electron chi connectivity index (χ0n) is 12.0. The van der Waals surface area contributed by atoms with E-state index in [0.29, 0.717) is 5.75 Å². The number of benzene rings is 1.